The van der Waals surface area contributed by atoms with Crippen LogP contribution in [-0.4, -0.2) is 45.2 Å². The Balaban J connectivity index is 1.58. The molecule has 0 bridgehead atoms. The van der Waals surface area contributed by atoms with Gasteiger partial charge < -0.3 is 21.7 Å². The van der Waals surface area contributed by atoms with Gasteiger partial charge in [-0.3, -0.25) is 4.79 Å². The summed E-state index contributed by atoms with van der Waals surface area (Å²) in [5, 5.41) is 26.2. The number of nitrogens with two attached hydrogens (primary N) is 1. The minimum absolute atomic E-state index is 0.178. The van der Waals surface area contributed by atoms with Gasteiger partial charge in [0.2, 0.25) is 0 Å². The van der Waals surface area contributed by atoms with Crippen molar-refractivity contribution in [3.8, 4) is 6.07 Å². The third-order valence-corrected chi connectivity index (χ3v) is 6.07. The zero-order valence-electron chi connectivity index (χ0n) is 16.8. The molecule has 2 aromatic rings. The van der Waals surface area contributed by atoms with Crippen molar-refractivity contribution in [2.75, 3.05) is 17.7 Å². The summed E-state index contributed by atoms with van der Waals surface area (Å²) in [5.74, 6) is 1.57. The van der Waals surface area contributed by atoms with Gasteiger partial charge in [-0.15, -0.1) is 10.2 Å². The largest absolute Gasteiger partial charge is 0.380 e. The fraction of sp³-hybridized carbons (Fsp3) is 0.500. The highest BCUT2D eigenvalue weighted by atomic mass is 16.1. The summed E-state index contributed by atoms with van der Waals surface area (Å²) in [6.07, 6.45) is 8.46. The smallest absolute Gasteiger partial charge is 0.273 e. The maximum atomic E-state index is 12.3. The Morgan fingerprint density at radius 2 is 1.97 bits per heavy atom. The van der Waals surface area contributed by atoms with Gasteiger partial charge in [-0.05, 0) is 31.1 Å². The minimum atomic E-state index is -0.308. The van der Waals surface area contributed by atoms with E-state index in [1.54, 1.807) is 13.1 Å². The van der Waals surface area contributed by atoms with Crippen LogP contribution in [0.25, 0.3) is 0 Å². The molecule has 4 unspecified atom stereocenters. The minimum Gasteiger partial charge on any atom is -0.380 e. The maximum absolute atomic E-state index is 12.3. The van der Waals surface area contributed by atoms with Gasteiger partial charge in [-0.2, -0.15) is 5.26 Å². The van der Waals surface area contributed by atoms with Crippen molar-refractivity contribution in [2.24, 2.45) is 17.6 Å². The molecule has 0 radical (unpaired) electrons. The first-order valence-electron chi connectivity index (χ1n) is 10.2. The van der Waals surface area contributed by atoms with Crippen molar-refractivity contribution >= 4 is 23.2 Å². The molecule has 2 aliphatic rings. The number of hydrogen-bond acceptors (Lipinski definition) is 9. The topological polar surface area (TPSA) is 155 Å². The van der Waals surface area contributed by atoms with Crippen LogP contribution in [0.3, 0.4) is 0 Å². The quantitative estimate of drug-likeness (QED) is 0.578. The lowest BCUT2D eigenvalue weighted by molar-refractivity contribution is 0.0958. The number of nitriles is 1. The van der Waals surface area contributed by atoms with Crippen LogP contribution in [0.1, 0.15) is 48.3 Å². The number of nitrogens with zero attached hydrogens (tertiary/aromatic N) is 5. The van der Waals surface area contributed by atoms with Crippen molar-refractivity contribution < 1.29 is 4.79 Å². The predicted octanol–water partition coefficient (Wildman–Crippen LogP) is 1.56. The van der Waals surface area contributed by atoms with Gasteiger partial charge in [0.05, 0.1) is 18.1 Å². The highest BCUT2D eigenvalue weighted by Gasteiger charge is 2.42. The zero-order chi connectivity index (χ0) is 21.1. The fourth-order valence-corrected chi connectivity index (χ4v) is 4.66. The van der Waals surface area contributed by atoms with Crippen LogP contribution < -0.4 is 21.7 Å². The lowest BCUT2D eigenvalue weighted by Gasteiger charge is -2.31. The molecule has 4 atom stereocenters. The van der Waals surface area contributed by atoms with Crippen molar-refractivity contribution in [1.82, 2.24) is 25.5 Å². The fourth-order valence-electron chi connectivity index (χ4n) is 4.66. The first kappa shape index (κ1) is 20.0. The molecule has 10 nitrogen and oxygen atoms in total. The highest BCUT2D eigenvalue weighted by Crippen LogP contribution is 2.43. The Morgan fingerprint density at radius 1 is 1.17 bits per heavy atom. The van der Waals surface area contributed by atoms with Crippen LogP contribution in [0.5, 0.6) is 0 Å². The van der Waals surface area contributed by atoms with E-state index >= 15 is 0 Å². The average Bonchev–Trinajstić information content (AvgIpc) is 3.09. The van der Waals surface area contributed by atoms with E-state index in [0.717, 1.165) is 12.8 Å². The van der Waals surface area contributed by atoms with Crippen molar-refractivity contribution in [2.45, 2.75) is 44.2 Å². The van der Waals surface area contributed by atoms with E-state index in [1.165, 1.54) is 31.7 Å². The van der Waals surface area contributed by atoms with Crippen LogP contribution in [0, 0.1) is 23.2 Å². The first-order valence-corrected chi connectivity index (χ1v) is 10.2. The molecule has 2 aromatic heterocycles. The Bertz CT molecular complexity index is 956. The van der Waals surface area contributed by atoms with Crippen molar-refractivity contribution in [3.05, 3.63) is 29.8 Å². The Labute approximate surface area is 174 Å². The van der Waals surface area contributed by atoms with Crippen molar-refractivity contribution in [3.63, 3.8) is 0 Å². The van der Waals surface area contributed by atoms with E-state index < -0.39 is 0 Å². The van der Waals surface area contributed by atoms with Gasteiger partial charge in [-0.1, -0.05) is 12.8 Å². The number of anilines is 3. The number of aromatic nitrogens is 4. The molecule has 2 aliphatic carbocycles. The number of fused-ring (bicyclic) bond motifs is 1. The number of hydrogen-bond donors (Lipinski definition) is 4. The summed E-state index contributed by atoms with van der Waals surface area (Å²) in [5.41, 5.74) is 7.49. The predicted molar refractivity (Wildman–Crippen MR) is 111 cm³/mol. The molecule has 10 heteroatoms. The SMILES string of the molecule is CNC(=O)c1nnc(Nc2cnc(C#N)cn2)cc1NC1CC(N)C2CCCCC12. The van der Waals surface area contributed by atoms with Gasteiger partial charge in [0.25, 0.3) is 5.91 Å². The van der Waals surface area contributed by atoms with Gasteiger partial charge in [0.15, 0.2) is 17.2 Å². The van der Waals surface area contributed by atoms with Crippen molar-refractivity contribution in [1.29, 1.82) is 5.26 Å². The van der Waals surface area contributed by atoms with E-state index in [-0.39, 0.29) is 29.4 Å². The second-order valence-corrected chi connectivity index (χ2v) is 7.86. The molecule has 2 saturated carbocycles. The third kappa shape index (κ3) is 4.02. The molecule has 30 heavy (non-hydrogen) atoms. The molecule has 0 spiro atoms. The van der Waals surface area contributed by atoms with Crippen LogP contribution >= 0.6 is 0 Å². The monoisotopic (exact) mass is 407 g/mol. The molecule has 2 heterocycles. The number of nitrogens with one attached hydrogen (secondary N) is 3. The zero-order valence-corrected chi connectivity index (χ0v) is 16.8. The molecule has 1 amide bonds. The summed E-state index contributed by atoms with van der Waals surface area (Å²) >= 11 is 0. The number of amides is 1. The number of rotatable bonds is 5. The Hall–Kier alpha value is -3.32. The van der Waals surface area contributed by atoms with E-state index in [2.05, 4.69) is 36.1 Å². The van der Waals surface area contributed by atoms with Gasteiger partial charge in [0, 0.05) is 25.2 Å². The third-order valence-electron chi connectivity index (χ3n) is 6.07. The van der Waals surface area contributed by atoms with E-state index in [4.69, 9.17) is 11.0 Å². The molecule has 0 aliphatic heterocycles. The Kier molecular flexibility index (Phi) is 5.72. The van der Waals surface area contributed by atoms with Gasteiger partial charge in [-0.25, -0.2) is 9.97 Å². The van der Waals surface area contributed by atoms with E-state index in [0.29, 0.717) is 29.2 Å². The van der Waals surface area contributed by atoms with Crippen LogP contribution in [0.15, 0.2) is 18.5 Å². The molecular formula is C20H25N9O. The molecular weight excluding hydrogens is 382 g/mol. The lowest BCUT2D eigenvalue weighted by atomic mass is 9.79. The van der Waals surface area contributed by atoms with Crippen LogP contribution in [-0.2, 0) is 0 Å². The number of carbonyl (C=O) groups excluding carboxylic acids is 1. The first-order chi connectivity index (χ1) is 14.6. The Morgan fingerprint density at radius 3 is 2.67 bits per heavy atom. The van der Waals surface area contributed by atoms with Crippen LogP contribution in [0.4, 0.5) is 17.3 Å². The van der Waals surface area contributed by atoms with Gasteiger partial charge >= 0.3 is 0 Å². The standard InChI is InChI=1S/C20H25N9O/c1-23-20(30)19-16(26-15-6-14(22)12-4-2-3-5-13(12)15)7-17(28-29-19)27-18-10-24-11(8-21)9-25-18/h7,9-10,12-15H,2-6,22H2,1H3,(H,23,30)(H2,25,26,27,28). The normalized spacial score (nSPS) is 25.1. The average molecular weight is 407 g/mol. The molecule has 5 N–H and O–H groups in total. The molecule has 156 valence electrons. The van der Waals surface area contributed by atoms with Gasteiger partial charge in [0.1, 0.15) is 11.9 Å². The molecule has 4 rings (SSSR count). The van der Waals surface area contributed by atoms with E-state index in [1.807, 2.05) is 6.07 Å². The number of carbonyl (C=O) groups is 1. The summed E-state index contributed by atoms with van der Waals surface area (Å²) < 4.78 is 0. The summed E-state index contributed by atoms with van der Waals surface area (Å²) in [4.78, 5) is 20.5. The lowest BCUT2D eigenvalue weighted by Crippen LogP contribution is -2.32. The molecule has 2 fully saturated rings. The molecule has 0 aromatic carbocycles. The highest BCUT2D eigenvalue weighted by molar-refractivity contribution is 5.97. The summed E-state index contributed by atoms with van der Waals surface area (Å²) in [6, 6.07) is 4.05. The second-order valence-electron chi connectivity index (χ2n) is 7.86. The summed E-state index contributed by atoms with van der Waals surface area (Å²) in [6.45, 7) is 0. The van der Waals surface area contributed by atoms with Crippen LogP contribution in [0.2, 0.25) is 0 Å². The molecule has 0 saturated heterocycles. The summed E-state index contributed by atoms with van der Waals surface area (Å²) in [7, 11) is 1.56. The van der Waals surface area contributed by atoms with E-state index in [9.17, 15) is 4.79 Å². The maximum Gasteiger partial charge on any atom is 0.273 e. The second kappa shape index (κ2) is 8.59.